The zero-order chi connectivity index (χ0) is 20.9. The topological polar surface area (TPSA) is 93.2 Å². The van der Waals surface area contributed by atoms with Crippen LogP contribution in [0.4, 0.5) is 0 Å². The summed E-state index contributed by atoms with van der Waals surface area (Å²) in [4.78, 5) is 34.3. The molecule has 0 bridgehead atoms. The van der Waals surface area contributed by atoms with Crippen LogP contribution in [0.15, 0.2) is 79.0 Å². The fourth-order valence-corrected chi connectivity index (χ4v) is 3.09. The number of amides is 2. The lowest BCUT2D eigenvalue weighted by atomic mass is 10.1. The van der Waals surface area contributed by atoms with E-state index in [9.17, 15) is 9.59 Å². The molecule has 2 heterocycles. The number of benzene rings is 2. The van der Waals surface area contributed by atoms with E-state index in [4.69, 9.17) is 4.74 Å². The van der Waals surface area contributed by atoms with E-state index >= 15 is 0 Å². The van der Waals surface area contributed by atoms with Gasteiger partial charge in [-0.3, -0.25) is 25.4 Å². The number of pyridine rings is 2. The van der Waals surface area contributed by atoms with E-state index < -0.39 is 11.8 Å². The Morgan fingerprint density at radius 3 is 2.27 bits per heavy atom. The van der Waals surface area contributed by atoms with Crippen molar-refractivity contribution in [1.29, 1.82) is 0 Å². The molecule has 0 saturated heterocycles. The van der Waals surface area contributed by atoms with Gasteiger partial charge in [0.1, 0.15) is 5.75 Å². The number of hydrogen-bond acceptors (Lipinski definition) is 5. The number of nitrogens with zero attached hydrogens (tertiary/aromatic N) is 2. The van der Waals surface area contributed by atoms with Crippen LogP contribution >= 0.6 is 0 Å². The third-order valence-corrected chi connectivity index (χ3v) is 4.53. The number of nitrogens with one attached hydrogen (secondary N) is 2. The van der Waals surface area contributed by atoms with Crippen molar-refractivity contribution in [2.75, 3.05) is 7.11 Å². The van der Waals surface area contributed by atoms with Gasteiger partial charge >= 0.3 is 0 Å². The van der Waals surface area contributed by atoms with Crippen LogP contribution in [0.3, 0.4) is 0 Å². The van der Waals surface area contributed by atoms with Gasteiger partial charge in [0.25, 0.3) is 11.8 Å². The molecule has 0 saturated carbocycles. The van der Waals surface area contributed by atoms with E-state index in [1.165, 1.54) is 7.11 Å². The van der Waals surface area contributed by atoms with E-state index in [0.717, 1.165) is 0 Å². The Morgan fingerprint density at radius 1 is 0.800 bits per heavy atom. The molecule has 0 aliphatic carbocycles. The Kier molecular flexibility index (Phi) is 5.34. The Balaban J connectivity index is 1.63. The molecule has 2 amide bonds. The van der Waals surface area contributed by atoms with Crippen LogP contribution in [-0.2, 0) is 0 Å². The predicted octanol–water partition coefficient (Wildman–Crippen LogP) is 3.38. The van der Waals surface area contributed by atoms with Crippen molar-refractivity contribution in [2.24, 2.45) is 0 Å². The quantitative estimate of drug-likeness (QED) is 0.514. The number of ether oxygens (including phenoxy) is 1. The van der Waals surface area contributed by atoms with Crippen LogP contribution in [-0.4, -0.2) is 28.9 Å². The number of fused-ring (bicyclic) bond motifs is 1. The molecule has 0 aliphatic rings. The molecule has 0 atom stereocenters. The minimum Gasteiger partial charge on any atom is -0.496 e. The van der Waals surface area contributed by atoms with E-state index in [0.29, 0.717) is 39.2 Å². The lowest BCUT2D eigenvalue weighted by Crippen LogP contribution is -2.41. The third-order valence-electron chi connectivity index (χ3n) is 4.53. The third kappa shape index (κ3) is 3.81. The molecule has 4 aromatic rings. The van der Waals surface area contributed by atoms with E-state index in [-0.39, 0.29) is 0 Å². The molecule has 2 aromatic carbocycles. The minimum absolute atomic E-state index is 0.314. The Bertz CT molecular complexity index is 1230. The second-order valence-electron chi connectivity index (χ2n) is 6.40. The van der Waals surface area contributed by atoms with Gasteiger partial charge in [-0.1, -0.05) is 36.4 Å². The highest BCUT2D eigenvalue weighted by Gasteiger charge is 2.16. The van der Waals surface area contributed by atoms with Gasteiger partial charge in [-0.2, -0.15) is 0 Å². The number of carbonyl (C=O) groups is 2. The van der Waals surface area contributed by atoms with Crippen molar-refractivity contribution >= 4 is 22.7 Å². The highest BCUT2D eigenvalue weighted by Crippen LogP contribution is 2.23. The molecule has 7 nitrogen and oxygen atoms in total. The molecule has 0 fully saturated rings. The maximum Gasteiger partial charge on any atom is 0.273 e. The molecule has 0 radical (unpaired) electrons. The molecule has 30 heavy (non-hydrogen) atoms. The number of para-hydroxylation sites is 2. The molecule has 0 spiro atoms. The summed E-state index contributed by atoms with van der Waals surface area (Å²) in [7, 11) is 1.48. The molecular weight excluding hydrogens is 380 g/mol. The van der Waals surface area contributed by atoms with Crippen LogP contribution in [0.5, 0.6) is 5.75 Å². The second-order valence-corrected chi connectivity index (χ2v) is 6.40. The van der Waals surface area contributed by atoms with E-state index in [1.54, 1.807) is 36.5 Å². The Hall–Kier alpha value is -4.26. The molecule has 148 valence electrons. The first-order valence-electron chi connectivity index (χ1n) is 9.22. The average molecular weight is 398 g/mol. The minimum atomic E-state index is -0.482. The van der Waals surface area contributed by atoms with E-state index in [2.05, 4.69) is 20.8 Å². The first kappa shape index (κ1) is 19.1. The van der Waals surface area contributed by atoms with Crippen molar-refractivity contribution < 1.29 is 14.3 Å². The van der Waals surface area contributed by atoms with Crippen molar-refractivity contribution in [2.45, 2.75) is 0 Å². The molecule has 2 aromatic heterocycles. The summed E-state index contributed by atoms with van der Waals surface area (Å²) < 4.78 is 5.19. The van der Waals surface area contributed by atoms with Crippen LogP contribution < -0.4 is 15.6 Å². The number of carbonyl (C=O) groups excluding carboxylic acids is 2. The van der Waals surface area contributed by atoms with Crippen molar-refractivity contribution in [3.05, 3.63) is 90.1 Å². The Labute approximate surface area is 172 Å². The molecule has 0 unspecified atom stereocenters. The largest absolute Gasteiger partial charge is 0.496 e. The SMILES string of the molecule is COc1ccccc1C(=O)NNC(=O)c1cc(-c2ccccn2)nc2ccccc12. The molecule has 2 N–H and O–H groups in total. The summed E-state index contributed by atoms with van der Waals surface area (Å²) in [5.41, 5.74) is 7.48. The first-order valence-corrected chi connectivity index (χ1v) is 9.22. The lowest BCUT2D eigenvalue weighted by molar-refractivity contribution is 0.0846. The zero-order valence-corrected chi connectivity index (χ0v) is 16.1. The molecule has 4 rings (SSSR count). The summed E-state index contributed by atoms with van der Waals surface area (Å²) in [6, 6.07) is 21.2. The van der Waals surface area contributed by atoms with Gasteiger partial charge in [0.15, 0.2) is 0 Å². The van der Waals surface area contributed by atoms with E-state index in [1.807, 2.05) is 42.5 Å². The number of hydrogen-bond donors (Lipinski definition) is 2. The fraction of sp³-hybridized carbons (Fsp3) is 0.0435. The van der Waals surface area contributed by atoms with Gasteiger partial charge in [-0.15, -0.1) is 0 Å². The second kappa shape index (κ2) is 8.40. The maximum absolute atomic E-state index is 12.9. The van der Waals surface area contributed by atoms with Crippen LogP contribution in [0.1, 0.15) is 20.7 Å². The fourth-order valence-electron chi connectivity index (χ4n) is 3.09. The number of rotatable bonds is 4. The van der Waals surface area contributed by atoms with Gasteiger partial charge in [-0.05, 0) is 36.4 Å². The van der Waals surface area contributed by atoms with Gasteiger partial charge < -0.3 is 4.74 Å². The smallest absolute Gasteiger partial charge is 0.273 e. The summed E-state index contributed by atoms with van der Waals surface area (Å²) >= 11 is 0. The van der Waals surface area contributed by atoms with Gasteiger partial charge in [-0.25, -0.2) is 4.98 Å². The summed E-state index contributed by atoms with van der Waals surface area (Å²) in [6.07, 6.45) is 1.67. The molecule has 7 heteroatoms. The number of methoxy groups -OCH3 is 1. The van der Waals surface area contributed by atoms with Crippen molar-refractivity contribution in [1.82, 2.24) is 20.8 Å². The van der Waals surface area contributed by atoms with Crippen molar-refractivity contribution in [3.8, 4) is 17.1 Å². The molecular formula is C23H18N4O3. The zero-order valence-electron chi connectivity index (χ0n) is 16.1. The summed E-state index contributed by atoms with van der Waals surface area (Å²) in [5.74, 6) is -0.533. The van der Waals surface area contributed by atoms with Crippen LogP contribution in [0.25, 0.3) is 22.3 Å². The first-order chi connectivity index (χ1) is 14.7. The summed E-state index contributed by atoms with van der Waals surface area (Å²) in [5, 5.41) is 0.668. The van der Waals surface area contributed by atoms with Crippen LogP contribution in [0, 0.1) is 0 Å². The standard InChI is InChI=1S/C23H18N4O3/c1-30-21-12-5-3-9-16(21)22(28)26-27-23(29)17-14-20(19-11-6-7-13-24-19)25-18-10-4-2-8-15(17)18/h2-14H,1H3,(H,26,28)(H,27,29). The highest BCUT2D eigenvalue weighted by atomic mass is 16.5. The maximum atomic E-state index is 12.9. The number of hydrazine groups is 1. The van der Waals surface area contributed by atoms with Crippen LogP contribution in [0.2, 0.25) is 0 Å². The van der Waals surface area contributed by atoms with Gasteiger partial charge in [0, 0.05) is 11.6 Å². The Morgan fingerprint density at radius 2 is 1.50 bits per heavy atom. The van der Waals surface area contributed by atoms with Crippen molar-refractivity contribution in [3.63, 3.8) is 0 Å². The normalized spacial score (nSPS) is 10.4. The van der Waals surface area contributed by atoms with Gasteiger partial charge in [0.05, 0.1) is 35.1 Å². The average Bonchev–Trinajstić information content (AvgIpc) is 2.82. The molecule has 0 aliphatic heterocycles. The monoisotopic (exact) mass is 398 g/mol. The number of aromatic nitrogens is 2. The summed E-state index contributed by atoms with van der Waals surface area (Å²) in [6.45, 7) is 0. The predicted molar refractivity (Wildman–Crippen MR) is 113 cm³/mol. The highest BCUT2D eigenvalue weighted by molar-refractivity contribution is 6.08. The lowest BCUT2D eigenvalue weighted by Gasteiger charge is -2.12. The van der Waals surface area contributed by atoms with Gasteiger partial charge in [0.2, 0.25) is 0 Å².